The van der Waals surface area contributed by atoms with E-state index in [4.69, 9.17) is 4.74 Å². The molecule has 0 spiro atoms. The number of nitro groups is 1. The lowest BCUT2D eigenvalue weighted by atomic mass is 10.0. The van der Waals surface area contributed by atoms with Gasteiger partial charge in [-0.25, -0.2) is 0 Å². The fraction of sp³-hybridized carbons (Fsp3) is 0.571. The zero-order chi connectivity index (χ0) is 13.7. The first-order chi connectivity index (χ1) is 9.19. The first-order valence-corrected chi connectivity index (χ1v) is 6.76. The van der Waals surface area contributed by atoms with Crippen LogP contribution in [0.4, 0.5) is 11.4 Å². The van der Waals surface area contributed by atoms with Crippen LogP contribution in [-0.4, -0.2) is 18.6 Å². The van der Waals surface area contributed by atoms with Gasteiger partial charge >= 0.3 is 0 Å². The van der Waals surface area contributed by atoms with Gasteiger partial charge in [-0.3, -0.25) is 10.1 Å². The van der Waals surface area contributed by atoms with E-state index in [0.29, 0.717) is 5.75 Å². The zero-order valence-corrected chi connectivity index (χ0v) is 11.2. The third-order valence-corrected chi connectivity index (χ3v) is 3.69. The molecule has 0 radical (unpaired) electrons. The molecule has 19 heavy (non-hydrogen) atoms. The summed E-state index contributed by atoms with van der Waals surface area (Å²) in [5.41, 5.74) is 0.812. The van der Waals surface area contributed by atoms with Crippen LogP contribution in [0.3, 0.4) is 0 Å². The van der Waals surface area contributed by atoms with Gasteiger partial charge in [0.15, 0.2) is 0 Å². The van der Waals surface area contributed by atoms with E-state index in [-0.39, 0.29) is 5.69 Å². The van der Waals surface area contributed by atoms with Crippen molar-refractivity contribution in [3.63, 3.8) is 0 Å². The Morgan fingerprint density at radius 1 is 1.37 bits per heavy atom. The predicted octanol–water partition coefficient (Wildman–Crippen LogP) is 3.60. The van der Waals surface area contributed by atoms with Gasteiger partial charge in [0.25, 0.3) is 5.69 Å². The fourth-order valence-corrected chi connectivity index (χ4v) is 2.63. The summed E-state index contributed by atoms with van der Waals surface area (Å²) in [6.45, 7) is 0.856. The van der Waals surface area contributed by atoms with Crippen LogP contribution in [0.1, 0.15) is 32.1 Å². The molecule has 1 aromatic rings. The second-order valence-electron chi connectivity index (χ2n) is 5.04. The number of ether oxygens (including phenoxy) is 1. The van der Waals surface area contributed by atoms with E-state index >= 15 is 0 Å². The predicted molar refractivity (Wildman–Crippen MR) is 74.7 cm³/mol. The Labute approximate surface area is 113 Å². The van der Waals surface area contributed by atoms with E-state index in [2.05, 4.69) is 5.32 Å². The van der Waals surface area contributed by atoms with Gasteiger partial charge in [-0.05, 0) is 12.3 Å². The van der Waals surface area contributed by atoms with Crippen molar-refractivity contribution < 1.29 is 9.66 Å². The monoisotopic (exact) mass is 264 g/mol. The van der Waals surface area contributed by atoms with Gasteiger partial charge in [0, 0.05) is 24.4 Å². The molecular formula is C14H20N2O3. The number of nitro benzene ring substituents is 1. The molecule has 0 aliphatic heterocycles. The lowest BCUT2D eigenvalue weighted by Gasteiger charge is -2.11. The van der Waals surface area contributed by atoms with Crippen molar-refractivity contribution in [2.24, 2.45) is 5.92 Å². The summed E-state index contributed by atoms with van der Waals surface area (Å²) in [5, 5.41) is 14.1. The molecule has 5 heteroatoms. The number of nitrogens with one attached hydrogen (secondary N) is 1. The van der Waals surface area contributed by atoms with Crippen molar-refractivity contribution in [2.75, 3.05) is 19.0 Å². The van der Waals surface area contributed by atoms with Crippen molar-refractivity contribution in [3.05, 3.63) is 28.3 Å². The number of benzene rings is 1. The third kappa shape index (κ3) is 3.84. The highest BCUT2D eigenvalue weighted by Gasteiger charge is 2.15. The van der Waals surface area contributed by atoms with Crippen molar-refractivity contribution in [1.82, 2.24) is 0 Å². The maximum Gasteiger partial charge on any atom is 0.275 e. The van der Waals surface area contributed by atoms with E-state index in [1.165, 1.54) is 38.9 Å². The Hall–Kier alpha value is -1.78. The van der Waals surface area contributed by atoms with E-state index in [0.717, 1.165) is 24.6 Å². The van der Waals surface area contributed by atoms with Gasteiger partial charge in [0.1, 0.15) is 5.75 Å². The average Bonchev–Trinajstić information content (AvgIpc) is 2.91. The Kier molecular flexibility index (Phi) is 4.60. The highest BCUT2D eigenvalue weighted by atomic mass is 16.6. The number of methoxy groups -OCH3 is 1. The molecule has 2 rings (SSSR count). The maximum absolute atomic E-state index is 10.8. The standard InChI is InChI=1S/C14H20N2O3/c1-19-14-9-12(8-13(10-14)16(17)18)15-7-6-11-4-2-3-5-11/h8-11,15H,2-7H2,1H3. The molecule has 0 aromatic heterocycles. The molecule has 0 heterocycles. The number of nitrogens with zero attached hydrogens (tertiary/aromatic N) is 1. The van der Waals surface area contributed by atoms with Crippen LogP contribution in [0.5, 0.6) is 5.75 Å². The SMILES string of the molecule is COc1cc(NCCC2CCCC2)cc([N+](=O)[O-])c1. The van der Waals surface area contributed by atoms with Crippen LogP contribution in [0, 0.1) is 16.0 Å². The average molecular weight is 264 g/mol. The molecule has 0 atom stereocenters. The zero-order valence-electron chi connectivity index (χ0n) is 11.2. The van der Waals surface area contributed by atoms with Crippen LogP contribution in [0.2, 0.25) is 0 Å². The Morgan fingerprint density at radius 2 is 2.11 bits per heavy atom. The van der Waals surface area contributed by atoms with Gasteiger partial charge in [-0.2, -0.15) is 0 Å². The van der Waals surface area contributed by atoms with E-state index in [1.807, 2.05) is 0 Å². The highest BCUT2D eigenvalue weighted by Crippen LogP contribution is 2.28. The van der Waals surface area contributed by atoms with Crippen LogP contribution >= 0.6 is 0 Å². The first kappa shape index (κ1) is 13.6. The van der Waals surface area contributed by atoms with Crippen molar-refractivity contribution in [2.45, 2.75) is 32.1 Å². The Morgan fingerprint density at radius 3 is 2.74 bits per heavy atom. The number of rotatable bonds is 6. The minimum Gasteiger partial charge on any atom is -0.496 e. The quantitative estimate of drug-likeness (QED) is 0.630. The maximum atomic E-state index is 10.8. The molecule has 5 nitrogen and oxygen atoms in total. The van der Waals surface area contributed by atoms with Gasteiger partial charge < -0.3 is 10.1 Å². The summed E-state index contributed by atoms with van der Waals surface area (Å²) in [6.07, 6.45) is 6.45. The van der Waals surface area contributed by atoms with Crippen molar-refractivity contribution >= 4 is 11.4 Å². The second kappa shape index (κ2) is 6.41. The summed E-state index contributed by atoms with van der Waals surface area (Å²) in [6, 6.07) is 4.78. The molecule has 0 saturated heterocycles. The van der Waals surface area contributed by atoms with Crippen LogP contribution < -0.4 is 10.1 Å². The molecule has 1 saturated carbocycles. The number of hydrogen-bond acceptors (Lipinski definition) is 4. The van der Waals surface area contributed by atoms with Crippen LogP contribution in [0.15, 0.2) is 18.2 Å². The summed E-state index contributed by atoms with van der Waals surface area (Å²) >= 11 is 0. The minimum absolute atomic E-state index is 0.0581. The summed E-state index contributed by atoms with van der Waals surface area (Å²) in [4.78, 5) is 10.4. The Balaban J connectivity index is 1.94. The lowest BCUT2D eigenvalue weighted by Crippen LogP contribution is -2.07. The fourth-order valence-electron chi connectivity index (χ4n) is 2.63. The third-order valence-electron chi connectivity index (χ3n) is 3.69. The van der Waals surface area contributed by atoms with Crippen LogP contribution in [-0.2, 0) is 0 Å². The molecule has 1 aliphatic carbocycles. The normalized spacial score (nSPS) is 15.4. The number of anilines is 1. The van der Waals surface area contributed by atoms with E-state index in [9.17, 15) is 10.1 Å². The van der Waals surface area contributed by atoms with Crippen LogP contribution in [0.25, 0.3) is 0 Å². The van der Waals surface area contributed by atoms with E-state index in [1.54, 1.807) is 12.1 Å². The highest BCUT2D eigenvalue weighted by molar-refractivity contribution is 5.56. The van der Waals surface area contributed by atoms with Crippen molar-refractivity contribution in [1.29, 1.82) is 0 Å². The minimum atomic E-state index is -0.398. The molecule has 0 amide bonds. The largest absolute Gasteiger partial charge is 0.496 e. The molecule has 104 valence electrons. The summed E-state index contributed by atoms with van der Waals surface area (Å²) in [7, 11) is 1.52. The second-order valence-corrected chi connectivity index (χ2v) is 5.04. The topological polar surface area (TPSA) is 64.4 Å². The molecular weight excluding hydrogens is 244 g/mol. The smallest absolute Gasteiger partial charge is 0.275 e. The summed E-state index contributed by atoms with van der Waals surface area (Å²) in [5.74, 6) is 1.32. The molecule has 1 N–H and O–H groups in total. The molecule has 1 fully saturated rings. The Bertz CT molecular complexity index is 442. The number of non-ortho nitro benzene ring substituents is 1. The van der Waals surface area contributed by atoms with Gasteiger partial charge in [-0.1, -0.05) is 25.7 Å². The molecule has 0 bridgehead atoms. The molecule has 1 aliphatic rings. The van der Waals surface area contributed by atoms with Gasteiger partial charge in [0.05, 0.1) is 18.1 Å². The van der Waals surface area contributed by atoms with Gasteiger partial charge in [0.2, 0.25) is 0 Å². The first-order valence-electron chi connectivity index (χ1n) is 6.76. The molecule has 1 aromatic carbocycles. The van der Waals surface area contributed by atoms with E-state index < -0.39 is 4.92 Å². The number of hydrogen-bond donors (Lipinski definition) is 1. The lowest BCUT2D eigenvalue weighted by molar-refractivity contribution is -0.384. The van der Waals surface area contributed by atoms with Crippen molar-refractivity contribution in [3.8, 4) is 5.75 Å². The summed E-state index contributed by atoms with van der Waals surface area (Å²) < 4.78 is 5.08. The molecule has 0 unspecified atom stereocenters. The van der Waals surface area contributed by atoms with Gasteiger partial charge in [-0.15, -0.1) is 0 Å².